The van der Waals surface area contributed by atoms with Crippen LogP contribution in [0.25, 0.3) is 16.6 Å². The third-order valence-electron chi connectivity index (χ3n) is 5.58. The highest BCUT2D eigenvalue weighted by Gasteiger charge is 2.16. The largest absolute Gasteiger partial charge is 0.435 e. The van der Waals surface area contributed by atoms with Gasteiger partial charge in [-0.05, 0) is 62.6 Å². The molecule has 1 atom stereocenters. The van der Waals surface area contributed by atoms with Crippen molar-refractivity contribution in [3.05, 3.63) is 71.0 Å². The molecule has 1 unspecified atom stereocenters. The molecule has 6 nitrogen and oxygen atoms in total. The summed E-state index contributed by atoms with van der Waals surface area (Å²) in [5, 5.41) is 8.56. The highest BCUT2D eigenvalue weighted by atomic mass is 19.3. The van der Waals surface area contributed by atoms with Gasteiger partial charge in [0.25, 0.3) is 0 Å². The third kappa shape index (κ3) is 4.39. The van der Waals surface area contributed by atoms with Gasteiger partial charge in [-0.25, -0.2) is 9.50 Å². The van der Waals surface area contributed by atoms with Crippen molar-refractivity contribution in [2.45, 2.75) is 46.3 Å². The fourth-order valence-corrected chi connectivity index (χ4v) is 3.93. The molecule has 0 saturated carbocycles. The van der Waals surface area contributed by atoms with Gasteiger partial charge in [-0.1, -0.05) is 24.3 Å². The molecule has 0 fully saturated rings. The molecule has 4 rings (SSSR count). The second-order valence-corrected chi connectivity index (χ2v) is 7.75. The van der Waals surface area contributed by atoms with E-state index in [9.17, 15) is 13.6 Å². The summed E-state index contributed by atoms with van der Waals surface area (Å²) in [5.74, 6) is -0.0713. The number of amides is 1. The number of nitrogens with one attached hydrogen (secondary N) is 1. The van der Waals surface area contributed by atoms with Crippen molar-refractivity contribution < 1.29 is 18.3 Å². The van der Waals surface area contributed by atoms with Gasteiger partial charge < -0.3 is 10.1 Å². The van der Waals surface area contributed by atoms with Crippen molar-refractivity contribution >= 4 is 22.5 Å². The monoisotopic (exact) mass is 438 g/mol. The van der Waals surface area contributed by atoms with Gasteiger partial charge in [-0.2, -0.15) is 13.9 Å². The second kappa shape index (κ2) is 8.90. The first kappa shape index (κ1) is 21.7. The Labute approximate surface area is 184 Å². The summed E-state index contributed by atoms with van der Waals surface area (Å²) in [5.41, 5.74) is 5.20. The average molecular weight is 438 g/mol. The van der Waals surface area contributed by atoms with E-state index in [4.69, 9.17) is 4.98 Å². The van der Waals surface area contributed by atoms with Crippen LogP contribution < -0.4 is 10.1 Å². The lowest BCUT2D eigenvalue weighted by Gasteiger charge is -2.16. The molecule has 2 heterocycles. The molecule has 1 N–H and O–H groups in total. The van der Waals surface area contributed by atoms with Crippen LogP contribution in [0.3, 0.4) is 0 Å². The van der Waals surface area contributed by atoms with E-state index in [-0.39, 0.29) is 24.1 Å². The van der Waals surface area contributed by atoms with Crippen LogP contribution in [0.5, 0.6) is 5.75 Å². The Balaban J connectivity index is 1.46. The summed E-state index contributed by atoms with van der Waals surface area (Å²) in [4.78, 5) is 17.3. The van der Waals surface area contributed by atoms with Crippen molar-refractivity contribution in [3.63, 3.8) is 0 Å². The Morgan fingerprint density at radius 3 is 2.72 bits per heavy atom. The van der Waals surface area contributed by atoms with E-state index in [2.05, 4.69) is 15.2 Å². The van der Waals surface area contributed by atoms with Gasteiger partial charge in [0.1, 0.15) is 5.75 Å². The number of alkyl halides is 2. The van der Waals surface area contributed by atoms with E-state index in [0.717, 1.165) is 33.5 Å². The molecule has 2 aromatic heterocycles. The van der Waals surface area contributed by atoms with Gasteiger partial charge in [-0.3, -0.25) is 4.79 Å². The molecule has 2 aromatic carbocycles. The molecule has 0 aliphatic rings. The summed E-state index contributed by atoms with van der Waals surface area (Å²) < 4.78 is 31.2. The number of hydrogen-bond acceptors (Lipinski definition) is 4. The Kier molecular flexibility index (Phi) is 6.03. The smallest absolute Gasteiger partial charge is 0.387 e. The SMILES string of the molecule is Cc1nc2c3ccccc3nn2c(C)c1CCC(=O)NC(C)c1cccc(OC(F)F)c1. The van der Waals surface area contributed by atoms with Gasteiger partial charge in [0.05, 0.1) is 11.6 Å². The molecular weight excluding hydrogens is 414 g/mol. The topological polar surface area (TPSA) is 68.5 Å². The van der Waals surface area contributed by atoms with Crippen LogP contribution in [-0.4, -0.2) is 27.1 Å². The number of nitrogens with zero attached hydrogens (tertiary/aromatic N) is 3. The predicted molar refractivity (Wildman–Crippen MR) is 118 cm³/mol. The normalized spacial score (nSPS) is 12.4. The minimum Gasteiger partial charge on any atom is -0.435 e. The maximum Gasteiger partial charge on any atom is 0.387 e. The fourth-order valence-electron chi connectivity index (χ4n) is 3.93. The van der Waals surface area contributed by atoms with E-state index in [0.29, 0.717) is 12.0 Å². The summed E-state index contributed by atoms with van der Waals surface area (Å²) in [6.07, 6.45) is 0.789. The number of ether oxygens (including phenoxy) is 1. The molecule has 0 radical (unpaired) electrons. The van der Waals surface area contributed by atoms with Crippen molar-refractivity contribution in [2.24, 2.45) is 0 Å². The lowest BCUT2D eigenvalue weighted by atomic mass is 10.0. The number of carbonyl (C=O) groups is 1. The van der Waals surface area contributed by atoms with Crippen LogP contribution in [0.1, 0.15) is 41.9 Å². The first-order chi connectivity index (χ1) is 15.3. The van der Waals surface area contributed by atoms with Crippen LogP contribution in [0, 0.1) is 13.8 Å². The van der Waals surface area contributed by atoms with Crippen molar-refractivity contribution in [3.8, 4) is 5.75 Å². The average Bonchev–Trinajstić information content (AvgIpc) is 3.12. The first-order valence-corrected chi connectivity index (χ1v) is 10.4. The molecule has 0 saturated heterocycles. The second-order valence-electron chi connectivity index (χ2n) is 7.75. The number of fused-ring (bicyclic) bond motifs is 3. The number of benzene rings is 2. The minimum absolute atomic E-state index is 0.0656. The maximum absolute atomic E-state index is 12.6. The van der Waals surface area contributed by atoms with Crippen molar-refractivity contribution in [2.75, 3.05) is 0 Å². The molecule has 0 aliphatic carbocycles. The molecule has 0 spiro atoms. The Morgan fingerprint density at radius 2 is 1.94 bits per heavy atom. The van der Waals surface area contributed by atoms with E-state index in [1.807, 2.05) is 42.6 Å². The Bertz CT molecular complexity index is 1290. The summed E-state index contributed by atoms with van der Waals surface area (Å²) in [7, 11) is 0. The quantitative estimate of drug-likeness (QED) is 0.445. The zero-order chi connectivity index (χ0) is 22.8. The van der Waals surface area contributed by atoms with Crippen molar-refractivity contribution in [1.82, 2.24) is 19.9 Å². The zero-order valence-electron chi connectivity index (χ0n) is 18.1. The molecule has 0 aliphatic heterocycles. The van der Waals surface area contributed by atoms with Crippen molar-refractivity contribution in [1.29, 1.82) is 0 Å². The molecular formula is C24H24F2N4O2. The lowest BCUT2D eigenvalue weighted by Crippen LogP contribution is -2.27. The molecule has 4 aromatic rings. The highest BCUT2D eigenvalue weighted by molar-refractivity contribution is 5.92. The van der Waals surface area contributed by atoms with Gasteiger partial charge in [0.2, 0.25) is 5.91 Å². The predicted octanol–water partition coefficient (Wildman–Crippen LogP) is 4.91. The minimum atomic E-state index is -2.89. The maximum atomic E-state index is 12.6. The lowest BCUT2D eigenvalue weighted by molar-refractivity contribution is -0.121. The standard InChI is InChI=1S/C24H24F2N4O2/c1-14(17-7-6-8-18(13-17)32-24(25)26)27-22(31)12-11-19-15(2)28-23-20-9-4-5-10-21(20)29-30(23)16(19)3/h4-10,13-14,24H,11-12H2,1-3H3,(H,27,31). The van der Waals surface area contributed by atoms with Crippen LogP contribution >= 0.6 is 0 Å². The van der Waals surface area contributed by atoms with E-state index < -0.39 is 6.61 Å². The van der Waals surface area contributed by atoms with Crippen LogP contribution in [0.15, 0.2) is 48.5 Å². The van der Waals surface area contributed by atoms with Gasteiger partial charge in [0.15, 0.2) is 5.65 Å². The van der Waals surface area contributed by atoms with Gasteiger partial charge in [-0.15, -0.1) is 0 Å². The molecule has 166 valence electrons. The van der Waals surface area contributed by atoms with E-state index in [1.165, 1.54) is 12.1 Å². The fraction of sp³-hybridized carbons (Fsp3) is 0.292. The van der Waals surface area contributed by atoms with Crippen LogP contribution in [-0.2, 0) is 11.2 Å². The summed E-state index contributed by atoms with van der Waals surface area (Å²) >= 11 is 0. The first-order valence-electron chi connectivity index (χ1n) is 10.4. The molecule has 32 heavy (non-hydrogen) atoms. The molecule has 0 bridgehead atoms. The summed E-state index contributed by atoms with van der Waals surface area (Å²) in [6, 6.07) is 13.9. The number of hydrogen-bond donors (Lipinski definition) is 1. The number of aromatic nitrogens is 3. The Morgan fingerprint density at radius 1 is 1.16 bits per heavy atom. The van der Waals surface area contributed by atoms with Crippen LogP contribution in [0.2, 0.25) is 0 Å². The number of rotatable bonds is 7. The van der Waals surface area contributed by atoms with Gasteiger partial charge in [0, 0.05) is 23.2 Å². The Hall–Kier alpha value is -3.55. The third-order valence-corrected chi connectivity index (χ3v) is 5.58. The molecule has 1 amide bonds. The van der Waals surface area contributed by atoms with E-state index in [1.54, 1.807) is 19.1 Å². The van der Waals surface area contributed by atoms with Gasteiger partial charge >= 0.3 is 6.61 Å². The number of carbonyl (C=O) groups excluding carboxylic acids is 1. The summed E-state index contributed by atoms with van der Waals surface area (Å²) in [6.45, 7) is 2.84. The number of halogens is 2. The highest BCUT2D eigenvalue weighted by Crippen LogP contribution is 2.24. The number of aryl methyl sites for hydroxylation is 2. The van der Waals surface area contributed by atoms with Crippen LogP contribution in [0.4, 0.5) is 8.78 Å². The molecule has 8 heteroatoms. The van der Waals surface area contributed by atoms with E-state index >= 15 is 0 Å². The zero-order valence-corrected chi connectivity index (χ0v) is 18.1.